The fourth-order valence-electron chi connectivity index (χ4n) is 3.34. The minimum atomic E-state index is -0.245. The number of hydrogen-bond acceptors (Lipinski definition) is 5. The molecule has 0 unspecified atom stereocenters. The lowest BCUT2D eigenvalue weighted by Crippen LogP contribution is -1.88. The number of hydrogen-bond donors (Lipinski definition) is 3. The molecular formula is C21H16FN7S. The second kappa shape index (κ2) is 7.20. The zero-order valence-corrected chi connectivity index (χ0v) is 16.7. The lowest BCUT2D eigenvalue weighted by molar-refractivity contribution is 0.657. The average molecular weight is 417 g/mol. The Labute approximate surface area is 174 Å². The molecule has 0 amide bonds. The van der Waals surface area contributed by atoms with Gasteiger partial charge in [0.05, 0.1) is 17.3 Å². The Balaban J connectivity index is 1.62. The normalized spacial score (nSPS) is 12.0. The highest BCUT2D eigenvalue weighted by Crippen LogP contribution is 2.33. The average Bonchev–Trinajstić information content (AvgIpc) is 3.52. The number of fused-ring (bicyclic) bond motifs is 1. The zero-order chi connectivity index (χ0) is 20.7. The van der Waals surface area contributed by atoms with E-state index in [-0.39, 0.29) is 5.13 Å². The number of aryl methyl sites for hydroxylation is 1. The van der Waals surface area contributed by atoms with Gasteiger partial charge in [0.25, 0.3) is 0 Å². The number of pyridine rings is 1. The van der Waals surface area contributed by atoms with Crippen LogP contribution in [0.3, 0.4) is 0 Å². The molecule has 5 aromatic heterocycles. The molecule has 0 saturated carbocycles. The Morgan fingerprint density at radius 2 is 2.13 bits per heavy atom. The molecule has 5 heterocycles. The molecule has 5 rings (SSSR count). The summed E-state index contributed by atoms with van der Waals surface area (Å²) in [6.07, 6.45) is 8.82. The van der Waals surface area contributed by atoms with Crippen LogP contribution in [-0.2, 0) is 0 Å². The van der Waals surface area contributed by atoms with Crippen molar-refractivity contribution in [3.8, 4) is 22.6 Å². The Bertz CT molecular complexity index is 1390. The number of nitrogens with one attached hydrogen (secondary N) is 3. The molecule has 9 heteroatoms. The van der Waals surface area contributed by atoms with Gasteiger partial charge >= 0.3 is 0 Å². The van der Waals surface area contributed by atoms with Crippen LogP contribution in [0.15, 0.2) is 55.5 Å². The van der Waals surface area contributed by atoms with Crippen LogP contribution in [0, 0.1) is 12.1 Å². The van der Waals surface area contributed by atoms with Gasteiger partial charge in [-0.05, 0) is 25.1 Å². The number of thiophene rings is 1. The van der Waals surface area contributed by atoms with Crippen LogP contribution in [-0.4, -0.2) is 35.3 Å². The van der Waals surface area contributed by atoms with E-state index in [1.165, 1.54) is 6.07 Å². The van der Waals surface area contributed by atoms with Crippen LogP contribution < -0.4 is 0 Å². The van der Waals surface area contributed by atoms with E-state index in [1.54, 1.807) is 24.5 Å². The van der Waals surface area contributed by atoms with Crippen LogP contribution in [0.5, 0.6) is 0 Å². The third-order valence-corrected chi connectivity index (χ3v) is 5.65. The van der Waals surface area contributed by atoms with E-state index in [2.05, 4.69) is 36.9 Å². The van der Waals surface area contributed by atoms with Crippen LogP contribution in [0.25, 0.3) is 39.3 Å². The lowest BCUT2D eigenvalue weighted by Gasteiger charge is -2.02. The maximum Gasteiger partial charge on any atom is 0.181 e. The third kappa shape index (κ3) is 3.05. The van der Waals surface area contributed by atoms with Crippen molar-refractivity contribution >= 4 is 27.9 Å². The van der Waals surface area contributed by atoms with Crippen molar-refractivity contribution in [2.75, 3.05) is 0 Å². The van der Waals surface area contributed by atoms with E-state index >= 15 is 0 Å². The van der Waals surface area contributed by atoms with Crippen molar-refractivity contribution in [2.45, 2.75) is 6.92 Å². The minimum Gasteiger partial charge on any atom is -0.340 e. The van der Waals surface area contributed by atoms with Crippen molar-refractivity contribution in [1.29, 1.82) is 0 Å². The van der Waals surface area contributed by atoms with E-state index in [1.807, 2.05) is 25.3 Å². The first kappa shape index (κ1) is 18.2. The summed E-state index contributed by atoms with van der Waals surface area (Å²) >= 11 is 1.07. The number of halogens is 1. The molecular weight excluding hydrogens is 401 g/mol. The summed E-state index contributed by atoms with van der Waals surface area (Å²) < 4.78 is 13.6. The van der Waals surface area contributed by atoms with Crippen LogP contribution in [0.1, 0.15) is 16.3 Å². The summed E-state index contributed by atoms with van der Waals surface area (Å²) in [6.45, 7) is 5.72. The van der Waals surface area contributed by atoms with E-state index in [4.69, 9.17) is 4.98 Å². The van der Waals surface area contributed by atoms with Crippen LogP contribution in [0.2, 0.25) is 0 Å². The summed E-state index contributed by atoms with van der Waals surface area (Å²) in [6, 6.07) is 5.19. The molecule has 0 fully saturated rings. The Hall–Kier alpha value is -3.85. The van der Waals surface area contributed by atoms with Gasteiger partial charge in [-0.25, -0.2) is 9.97 Å². The number of rotatable bonds is 5. The van der Waals surface area contributed by atoms with Crippen molar-refractivity contribution in [2.24, 2.45) is 0 Å². The van der Waals surface area contributed by atoms with Gasteiger partial charge in [0, 0.05) is 39.7 Å². The molecule has 0 aromatic carbocycles. The highest BCUT2D eigenvalue weighted by Gasteiger charge is 2.19. The van der Waals surface area contributed by atoms with Gasteiger partial charge in [0.1, 0.15) is 5.69 Å². The number of allylic oxidation sites excluding steroid dienone is 2. The van der Waals surface area contributed by atoms with Gasteiger partial charge in [0.15, 0.2) is 16.6 Å². The number of aromatic amines is 3. The Morgan fingerprint density at radius 1 is 1.23 bits per heavy atom. The van der Waals surface area contributed by atoms with Gasteiger partial charge in [-0.15, -0.1) is 11.3 Å². The number of aromatic nitrogens is 7. The first-order valence-corrected chi connectivity index (χ1v) is 9.94. The van der Waals surface area contributed by atoms with Gasteiger partial charge in [-0.1, -0.05) is 18.7 Å². The molecule has 0 atom stereocenters. The number of nitrogens with zero attached hydrogens (tertiary/aromatic N) is 4. The van der Waals surface area contributed by atoms with Gasteiger partial charge in [-0.2, -0.15) is 14.6 Å². The summed E-state index contributed by atoms with van der Waals surface area (Å²) in [4.78, 5) is 13.3. The lowest BCUT2D eigenvalue weighted by atomic mass is 10.1. The highest BCUT2D eigenvalue weighted by atomic mass is 32.1. The Morgan fingerprint density at radius 3 is 2.87 bits per heavy atom. The van der Waals surface area contributed by atoms with E-state index < -0.39 is 0 Å². The maximum atomic E-state index is 13.6. The summed E-state index contributed by atoms with van der Waals surface area (Å²) in [5.74, 6) is 0.628. The van der Waals surface area contributed by atoms with E-state index in [0.29, 0.717) is 11.5 Å². The van der Waals surface area contributed by atoms with Gasteiger partial charge in [0.2, 0.25) is 0 Å². The van der Waals surface area contributed by atoms with E-state index in [9.17, 15) is 4.39 Å². The molecule has 0 bridgehead atoms. The largest absolute Gasteiger partial charge is 0.340 e. The van der Waals surface area contributed by atoms with E-state index in [0.717, 1.165) is 55.4 Å². The number of imidazole rings is 1. The van der Waals surface area contributed by atoms with Crippen molar-refractivity contribution in [3.63, 3.8) is 0 Å². The standard InChI is InChI=1S/C21H16FN7S/c1-3-4-14(16-5-6-17(22)30-16)18-11(2)26-21(27-18)19-15-7-12(13-9-24-25-10-13)8-23-20(15)29-28-19/h3-10H,1H2,2H3,(H,24,25)(H,26,27)(H,23,28,29)/b14-4-. The molecule has 3 N–H and O–H groups in total. The fourth-order valence-corrected chi connectivity index (χ4v) is 4.10. The zero-order valence-electron chi connectivity index (χ0n) is 15.9. The van der Waals surface area contributed by atoms with Gasteiger partial charge in [-0.3, -0.25) is 10.2 Å². The maximum absolute atomic E-state index is 13.6. The predicted octanol–water partition coefficient (Wildman–Crippen LogP) is 4.86. The molecule has 7 nitrogen and oxygen atoms in total. The summed E-state index contributed by atoms with van der Waals surface area (Å²) in [7, 11) is 0. The first-order valence-electron chi connectivity index (χ1n) is 9.13. The topological polar surface area (TPSA) is 98.9 Å². The monoisotopic (exact) mass is 417 g/mol. The van der Waals surface area contributed by atoms with Gasteiger partial charge < -0.3 is 4.98 Å². The molecule has 0 aliphatic heterocycles. The second-order valence-corrected chi connectivity index (χ2v) is 7.69. The highest BCUT2D eigenvalue weighted by molar-refractivity contribution is 7.11. The molecule has 0 saturated heterocycles. The molecule has 0 aliphatic carbocycles. The molecule has 30 heavy (non-hydrogen) atoms. The fraction of sp³-hybridized carbons (Fsp3) is 0.0476. The predicted molar refractivity (Wildman–Crippen MR) is 115 cm³/mol. The Kier molecular flexibility index (Phi) is 4.36. The summed E-state index contributed by atoms with van der Waals surface area (Å²) in [5.41, 5.74) is 5.57. The van der Waals surface area contributed by atoms with Crippen LogP contribution in [0.4, 0.5) is 4.39 Å². The van der Waals surface area contributed by atoms with Crippen LogP contribution >= 0.6 is 11.3 Å². The first-order chi connectivity index (χ1) is 14.6. The molecule has 148 valence electrons. The van der Waals surface area contributed by atoms with Crippen molar-refractivity contribution in [1.82, 2.24) is 35.3 Å². The molecule has 0 radical (unpaired) electrons. The number of H-pyrrole nitrogens is 3. The van der Waals surface area contributed by atoms with Crippen molar-refractivity contribution in [3.05, 3.63) is 76.9 Å². The second-order valence-electron chi connectivity index (χ2n) is 6.66. The minimum absolute atomic E-state index is 0.245. The third-order valence-electron chi connectivity index (χ3n) is 4.74. The smallest absolute Gasteiger partial charge is 0.181 e. The molecule has 0 aliphatic rings. The molecule has 5 aromatic rings. The van der Waals surface area contributed by atoms with Crippen molar-refractivity contribution < 1.29 is 4.39 Å². The summed E-state index contributed by atoms with van der Waals surface area (Å²) in [5, 5.41) is 14.7. The molecule has 0 spiro atoms. The SMILES string of the molecule is C=C/C=C(/c1ccc(F)s1)c1nc(-c2[nH]nc3ncc(-c4cn[nH]c4)cc23)[nH]c1C. The quantitative estimate of drug-likeness (QED) is 0.356.